The molecular formula is C55H37NO. The van der Waals surface area contributed by atoms with Crippen molar-refractivity contribution in [2.45, 2.75) is 5.41 Å². The molecular weight excluding hydrogens is 691 g/mol. The molecule has 2 nitrogen and oxygen atoms in total. The van der Waals surface area contributed by atoms with Gasteiger partial charge in [0.15, 0.2) is 0 Å². The third-order valence-corrected chi connectivity index (χ3v) is 11.8. The molecule has 10 aromatic rings. The number of nitrogens with zero attached hydrogens (tertiary/aromatic N) is 1. The molecule has 0 fully saturated rings. The van der Waals surface area contributed by atoms with E-state index in [1.54, 1.807) is 0 Å². The maximum Gasteiger partial charge on any atom is 0.135 e. The van der Waals surface area contributed by atoms with Gasteiger partial charge in [0.25, 0.3) is 0 Å². The first kappa shape index (κ1) is 33.0. The Kier molecular flexibility index (Phi) is 7.75. The highest BCUT2D eigenvalue weighted by Gasteiger charge is 2.45. The van der Waals surface area contributed by atoms with Gasteiger partial charge in [-0.15, -0.1) is 0 Å². The van der Waals surface area contributed by atoms with E-state index in [-0.39, 0.29) is 0 Å². The number of rotatable bonds is 7. The maximum atomic E-state index is 6.27. The highest BCUT2D eigenvalue weighted by molar-refractivity contribution is 6.06. The Balaban J connectivity index is 1.06. The largest absolute Gasteiger partial charge is 0.456 e. The van der Waals surface area contributed by atoms with E-state index in [1.807, 2.05) is 12.1 Å². The van der Waals surface area contributed by atoms with Crippen LogP contribution < -0.4 is 4.90 Å². The minimum atomic E-state index is -0.456. The predicted molar refractivity (Wildman–Crippen MR) is 237 cm³/mol. The van der Waals surface area contributed by atoms with Crippen LogP contribution in [0.25, 0.3) is 55.3 Å². The van der Waals surface area contributed by atoms with Crippen molar-refractivity contribution in [3.63, 3.8) is 0 Å². The van der Waals surface area contributed by atoms with Crippen LogP contribution in [0.2, 0.25) is 0 Å². The Morgan fingerprint density at radius 2 is 0.807 bits per heavy atom. The second kappa shape index (κ2) is 13.4. The van der Waals surface area contributed by atoms with E-state index in [1.165, 1.54) is 55.6 Å². The quantitative estimate of drug-likeness (QED) is 0.163. The molecule has 0 aliphatic heterocycles. The van der Waals surface area contributed by atoms with Crippen molar-refractivity contribution in [1.29, 1.82) is 0 Å². The van der Waals surface area contributed by atoms with Gasteiger partial charge in [0.1, 0.15) is 11.2 Å². The summed E-state index contributed by atoms with van der Waals surface area (Å²) in [6.07, 6.45) is 0. The van der Waals surface area contributed by atoms with Gasteiger partial charge in [0.05, 0.1) is 5.41 Å². The van der Waals surface area contributed by atoms with Gasteiger partial charge in [-0.05, 0) is 110 Å². The summed E-state index contributed by atoms with van der Waals surface area (Å²) in [6.45, 7) is 0. The average molecular weight is 728 g/mol. The standard InChI is InChI=1S/C55H37NO/c1-3-14-38(15-4-1)40-16-13-17-41(36-40)39-26-30-44(31-27-39)56(46-34-35-54-50(37-46)49-22-9-12-25-53(49)57-54)45-32-28-43(29-33-45)55(42-18-5-2-6-19-42)51-23-10-7-20-47(51)48-21-8-11-24-52(48)55/h1-37H. The summed E-state index contributed by atoms with van der Waals surface area (Å²) in [5.74, 6) is 0. The van der Waals surface area contributed by atoms with E-state index in [4.69, 9.17) is 4.42 Å². The molecule has 0 saturated heterocycles. The molecule has 57 heavy (non-hydrogen) atoms. The molecule has 11 rings (SSSR count). The number of anilines is 3. The first-order valence-corrected chi connectivity index (χ1v) is 19.6. The van der Waals surface area contributed by atoms with Crippen LogP contribution in [0.3, 0.4) is 0 Å². The van der Waals surface area contributed by atoms with Crippen molar-refractivity contribution in [2.24, 2.45) is 0 Å². The average Bonchev–Trinajstić information content (AvgIpc) is 3.81. The van der Waals surface area contributed by atoms with Crippen LogP contribution in [0, 0.1) is 0 Å². The second-order valence-corrected chi connectivity index (χ2v) is 14.9. The van der Waals surface area contributed by atoms with Gasteiger partial charge in [0.2, 0.25) is 0 Å². The number of benzene rings is 9. The van der Waals surface area contributed by atoms with Crippen molar-refractivity contribution in [2.75, 3.05) is 4.90 Å². The number of fused-ring (bicyclic) bond motifs is 6. The normalized spacial score (nSPS) is 12.7. The Morgan fingerprint density at radius 3 is 1.49 bits per heavy atom. The fourth-order valence-corrected chi connectivity index (χ4v) is 9.18. The zero-order valence-electron chi connectivity index (χ0n) is 31.2. The van der Waals surface area contributed by atoms with Gasteiger partial charge in [0, 0.05) is 27.8 Å². The molecule has 0 spiro atoms. The Labute approximate surface area is 332 Å². The van der Waals surface area contributed by atoms with Crippen molar-refractivity contribution in [3.8, 4) is 33.4 Å². The number of furan rings is 1. The lowest BCUT2D eigenvalue weighted by Gasteiger charge is -2.34. The molecule has 0 N–H and O–H groups in total. The van der Waals surface area contributed by atoms with E-state index < -0.39 is 5.41 Å². The van der Waals surface area contributed by atoms with Crippen LogP contribution in [0.5, 0.6) is 0 Å². The molecule has 0 amide bonds. The molecule has 9 aromatic carbocycles. The number of para-hydroxylation sites is 1. The van der Waals surface area contributed by atoms with Gasteiger partial charge < -0.3 is 9.32 Å². The minimum Gasteiger partial charge on any atom is -0.456 e. The summed E-state index contributed by atoms with van der Waals surface area (Å²) < 4.78 is 6.27. The lowest BCUT2D eigenvalue weighted by molar-refractivity contribution is 0.669. The SMILES string of the molecule is c1ccc(-c2cccc(-c3ccc(N(c4ccc(C5(c6ccccc6)c6ccccc6-c6ccccc65)cc4)c4ccc5oc6ccccc6c5c4)cc3)c2)cc1. The smallest absolute Gasteiger partial charge is 0.135 e. The molecule has 1 heterocycles. The molecule has 0 saturated carbocycles. The molecule has 0 bridgehead atoms. The summed E-state index contributed by atoms with van der Waals surface area (Å²) in [6, 6.07) is 81.2. The minimum absolute atomic E-state index is 0.456. The fraction of sp³-hybridized carbons (Fsp3) is 0.0182. The molecule has 0 radical (unpaired) electrons. The van der Waals surface area contributed by atoms with Crippen LogP contribution >= 0.6 is 0 Å². The van der Waals surface area contributed by atoms with Gasteiger partial charge in [-0.1, -0.05) is 170 Å². The summed E-state index contributed by atoms with van der Waals surface area (Å²) in [4.78, 5) is 2.36. The van der Waals surface area contributed by atoms with Crippen LogP contribution in [-0.4, -0.2) is 0 Å². The molecule has 1 aliphatic rings. The lowest BCUT2D eigenvalue weighted by Crippen LogP contribution is -2.28. The van der Waals surface area contributed by atoms with Crippen molar-refractivity contribution in [1.82, 2.24) is 0 Å². The zero-order valence-corrected chi connectivity index (χ0v) is 31.2. The second-order valence-electron chi connectivity index (χ2n) is 14.9. The third kappa shape index (κ3) is 5.33. The number of hydrogen-bond donors (Lipinski definition) is 0. The molecule has 0 atom stereocenters. The summed E-state index contributed by atoms with van der Waals surface area (Å²) in [5, 5.41) is 2.21. The summed E-state index contributed by atoms with van der Waals surface area (Å²) >= 11 is 0. The molecule has 1 aromatic heterocycles. The summed E-state index contributed by atoms with van der Waals surface area (Å²) in [7, 11) is 0. The molecule has 0 unspecified atom stereocenters. The van der Waals surface area contributed by atoms with Crippen molar-refractivity contribution in [3.05, 3.63) is 247 Å². The van der Waals surface area contributed by atoms with Gasteiger partial charge in [-0.2, -0.15) is 0 Å². The first-order chi connectivity index (χ1) is 28.3. The zero-order chi connectivity index (χ0) is 37.8. The first-order valence-electron chi connectivity index (χ1n) is 19.6. The van der Waals surface area contributed by atoms with Gasteiger partial charge >= 0.3 is 0 Å². The van der Waals surface area contributed by atoms with Gasteiger partial charge in [-0.25, -0.2) is 0 Å². The van der Waals surface area contributed by atoms with E-state index in [0.717, 1.165) is 39.0 Å². The van der Waals surface area contributed by atoms with Crippen molar-refractivity contribution < 1.29 is 4.42 Å². The van der Waals surface area contributed by atoms with Crippen LogP contribution in [0.1, 0.15) is 22.3 Å². The molecule has 268 valence electrons. The Bertz CT molecular complexity index is 3010. The monoisotopic (exact) mass is 727 g/mol. The van der Waals surface area contributed by atoms with Crippen LogP contribution in [-0.2, 0) is 5.41 Å². The Morgan fingerprint density at radius 1 is 0.316 bits per heavy atom. The fourth-order valence-electron chi connectivity index (χ4n) is 9.18. The number of hydrogen-bond acceptors (Lipinski definition) is 2. The predicted octanol–water partition coefficient (Wildman–Crippen LogP) is 14.8. The maximum absolute atomic E-state index is 6.27. The van der Waals surface area contributed by atoms with Crippen LogP contribution in [0.15, 0.2) is 229 Å². The highest BCUT2D eigenvalue weighted by atomic mass is 16.3. The van der Waals surface area contributed by atoms with E-state index in [2.05, 4.69) is 217 Å². The Hall–Kier alpha value is -7.42. The van der Waals surface area contributed by atoms with Crippen LogP contribution in [0.4, 0.5) is 17.1 Å². The van der Waals surface area contributed by atoms with E-state index in [9.17, 15) is 0 Å². The highest BCUT2D eigenvalue weighted by Crippen LogP contribution is 2.56. The lowest BCUT2D eigenvalue weighted by atomic mass is 9.68. The topological polar surface area (TPSA) is 16.4 Å². The molecule has 2 heteroatoms. The van der Waals surface area contributed by atoms with E-state index >= 15 is 0 Å². The van der Waals surface area contributed by atoms with Crippen molar-refractivity contribution >= 4 is 39.0 Å². The summed E-state index contributed by atoms with van der Waals surface area (Å²) in [5.41, 5.74) is 17.0. The third-order valence-electron chi connectivity index (χ3n) is 11.8. The molecule has 1 aliphatic carbocycles. The van der Waals surface area contributed by atoms with E-state index in [0.29, 0.717) is 0 Å². The van der Waals surface area contributed by atoms with Gasteiger partial charge in [-0.3, -0.25) is 0 Å².